The molecule has 0 fully saturated rings. The maximum absolute atomic E-state index is 6.96. The maximum atomic E-state index is 6.96. The quantitative estimate of drug-likeness (QED) is 0.610. The minimum absolute atomic E-state index is 0.0312. The summed E-state index contributed by atoms with van der Waals surface area (Å²) < 4.78 is 12.6. The molecular weight excluding hydrogens is 324 g/mol. The monoisotopic (exact) mass is 350 g/mol. The molecule has 0 radical (unpaired) electrons. The fourth-order valence-corrected chi connectivity index (χ4v) is 8.20. The number of rotatable bonds is 5. The minimum Gasteiger partial charge on any atom is -0.467 e. The number of benzene rings is 2. The summed E-state index contributed by atoms with van der Waals surface area (Å²) in [4.78, 5) is 0. The van der Waals surface area contributed by atoms with E-state index in [0.717, 1.165) is 5.76 Å². The van der Waals surface area contributed by atoms with Gasteiger partial charge in [-0.15, -0.1) is 0 Å². The first-order valence-corrected chi connectivity index (χ1v) is 10.7. The van der Waals surface area contributed by atoms with Crippen LogP contribution in [0.5, 0.6) is 0 Å². The van der Waals surface area contributed by atoms with Gasteiger partial charge in [0.25, 0.3) is 8.32 Å². The summed E-state index contributed by atoms with van der Waals surface area (Å²) in [6, 6.07) is 25.3. The highest BCUT2D eigenvalue weighted by Crippen LogP contribution is 2.39. The average molecular weight is 351 g/mol. The lowest BCUT2D eigenvalue weighted by molar-refractivity contribution is 0.181. The molecule has 0 amide bonds. The van der Waals surface area contributed by atoms with Gasteiger partial charge >= 0.3 is 0 Å². The maximum Gasteiger partial charge on any atom is 0.262 e. The first-order chi connectivity index (χ1) is 11.9. The molecule has 3 aromatic rings. The van der Waals surface area contributed by atoms with Crippen LogP contribution >= 0.6 is 0 Å². The Morgan fingerprint density at radius 1 is 0.800 bits per heavy atom. The topological polar surface area (TPSA) is 22.4 Å². The molecule has 0 saturated carbocycles. The zero-order chi connectivity index (χ0) is 17.9. The molecule has 1 unspecified atom stereocenters. The van der Waals surface area contributed by atoms with Gasteiger partial charge in [0, 0.05) is 0 Å². The predicted octanol–water partition coefficient (Wildman–Crippen LogP) is 4.92. The third-order valence-electron chi connectivity index (χ3n) is 4.71. The van der Waals surface area contributed by atoms with E-state index in [2.05, 4.69) is 88.4 Å². The molecule has 3 rings (SSSR count). The van der Waals surface area contributed by atoms with E-state index >= 15 is 0 Å². The Hall–Kier alpha value is -2.10. The van der Waals surface area contributed by atoms with Crippen molar-refractivity contribution in [3.8, 4) is 0 Å². The highest BCUT2D eigenvalue weighted by atomic mass is 28.4. The summed E-state index contributed by atoms with van der Waals surface area (Å²) >= 11 is 0. The number of hydrogen-bond donors (Lipinski definition) is 0. The molecule has 0 aliphatic heterocycles. The van der Waals surface area contributed by atoms with Gasteiger partial charge in [-0.05, 0) is 34.5 Å². The highest BCUT2D eigenvalue weighted by molar-refractivity contribution is 6.99. The van der Waals surface area contributed by atoms with Crippen LogP contribution in [-0.4, -0.2) is 8.32 Å². The van der Waals surface area contributed by atoms with Crippen LogP contribution < -0.4 is 10.4 Å². The lowest BCUT2D eigenvalue weighted by Crippen LogP contribution is -2.66. The Morgan fingerprint density at radius 3 is 1.72 bits per heavy atom. The molecule has 0 aliphatic carbocycles. The van der Waals surface area contributed by atoms with E-state index < -0.39 is 8.32 Å². The van der Waals surface area contributed by atoms with E-state index in [1.807, 2.05) is 12.1 Å². The largest absolute Gasteiger partial charge is 0.467 e. The normalized spacial score (nSPS) is 13.6. The molecule has 0 aliphatic rings. The summed E-state index contributed by atoms with van der Waals surface area (Å²) in [7, 11) is -2.53. The van der Waals surface area contributed by atoms with Crippen molar-refractivity contribution in [3.63, 3.8) is 0 Å². The molecule has 1 atom stereocenters. The van der Waals surface area contributed by atoms with Crippen molar-refractivity contribution >= 4 is 18.7 Å². The fraction of sp³-hybridized carbons (Fsp3) is 0.273. The van der Waals surface area contributed by atoms with Gasteiger partial charge in [-0.3, -0.25) is 0 Å². The van der Waals surface area contributed by atoms with Crippen LogP contribution in [0.1, 0.15) is 39.6 Å². The molecule has 2 aromatic carbocycles. The van der Waals surface area contributed by atoms with Crippen LogP contribution in [-0.2, 0) is 4.43 Å². The molecule has 1 aromatic heterocycles. The Bertz CT molecular complexity index is 734. The molecule has 25 heavy (non-hydrogen) atoms. The van der Waals surface area contributed by atoms with Gasteiger partial charge in [0.05, 0.1) is 6.26 Å². The van der Waals surface area contributed by atoms with Crippen molar-refractivity contribution in [2.45, 2.75) is 38.8 Å². The van der Waals surface area contributed by atoms with Gasteiger partial charge in [0.2, 0.25) is 0 Å². The molecule has 0 N–H and O–H groups in total. The summed E-state index contributed by atoms with van der Waals surface area (Å²) in [6.45, 7) is 8.94. The minimum atomic E-state index is -2.53. The van der Waals surface area contributed by atoms with Gasteiger partial charge in [-0.25, -0.2) is 0 Å². The van der Waals surface area contributed by atoms with Gasteiger partial charge in [0.15, 0.2) is 0 Å². The van der Waals surface area contributed by atoms with Crippen LogP contribution in [0.25, 0.3) is 0 Å². The summed E-state index contributed by atoms with van der Waals surface area (Å²) in [5.41, 5.74) is 0. The van der Waals surface area contributed by atoms with Crippen LogP contribution in [0.4, 0.5) is 0 Å². The number of furan rings is 1. The summed E-state index contributed by atoms with van der Waals surface area (Å²) in [6.07, 6.45) is 1.60. The van der Waals surface area contributed by atoms with Crippen molar-refractivity contribution in [2.24, 2.45) is 0 Å². The van der Waals surface area contributed by atoms with E-state index in [1.165, 1.54) is 10.4 Å². The Morgan fingerprint density at radius 2 is 1.32 bits per heavy atom. The summed E-state index contributed by atoms with van der Waals surface area (Å²) in [5, 5.41) is 2.54. The van der Waals surface area contributed by atoms with E-state index in [0.29, 0.717) is 0 Å². The van der Waals surface area contributed by atoms with Crippen molar-refractivity contribution in [3.05, 3.63) is 84.8 Å². The van der Waals surface area contributed by atoms with Gasteiger partial charge in [-0.2, -0.15) is 0 Å². The first kappa shape index (κ1) is 17.7. The molecule has 3 heteroatoms. The van der Waals surface area contributed by atoms with Crippen LogP contribution in [0.2, 0.25) is 5.04 Å². The SMILES string of the molecule is CC(O[Si](c1ccccc1)(c1ccccc1)C(C)(C)C)c1ccco1. The molecular formula is C22H26O2Si. The highest BCUT2D eigenvalue weighted by Gasteiger charge is 2.51. The second kappa shape index (κ2) is 7.02. The molecule has 0 spiro atoms. The van der Waals surface area contributed by atoms with E-state index in [1.54, 1.807) is 6.26 Å². The molecule has 2 nitrogen and oxygen atoms in total. The average Bonchev–Trinajstić information content (AvgIpc) is 3.15. The fourth-order valence-electron chi connectivity index (χ4n) is 3.54. The smallest absolute Gasteiger partial charge is 0.262 e. The summed E-state index contributed by atoms with van der Waals surface area (Å²) in [5.74, 6) is 0.869. The molecule has 130 valence electrons. The Kier molecular flexibility index (Phi) is 4.98. The van der Waals surface area contributed by atoms with Crippen molar-refractivity contribution in [1.29, 1.82) is 0 Å². The molecule has 0 saturated heterocycles. The zero-order valence-corrected chi connectivity index (χ0v) is 16.4. The van der Waals surface area contributed by atoms with Crippen molar-refractivity contribution < 1.29 is 8.84 Å². The first-order valence-electron chi connectivity index (χ1n) is 8.77. The third kappa shape index (κ3) is 3.35. The van der Waals surface area contributed by atoms with Crippen molar-refractivity contribution in [2.75, 3.05) is 0 Å². The third-order valence-corrected chi connectivity index (χ3v) is 9.83. The second-order valence-corrected chi connectivity index (χ2v) is 11.7. The van der Waals surface area contributed by atoms with E-state index in [4.69, 9.17) is 8.84 Å². The Labute approximate surface area is 151 Å². The van der Waals surface area contributed by atoms with E-state index in [-0.39, 0.29) is 11.1 Å². The lowest BCUT2D eigenvalue weighted by atomic mass is 10.2. The van der Waals surface area contributed by atoms with Crippen molar-refractivity contribution in [1.82, 2.24) is 0 Å². The Balaban J connectivity index is 2.19. The molecule has 1 heterocycles. The van der Waals surface area contributed by atoms with Crippen LogP contribution in [0, 0.1) is 0 Å². The van der Waals surface area contributed by atoms with Gasteiger partial charge in [0.1, 0.15) is 11.9 Å². The standard InChI is InChI=1S/C22H26O2Si/c1-18(21-16-11-17-23-21)24-25(22(2,3)4,19-12-7-5-8-13-19)20-14-9-6-10-15-20/h5-18H,1-4H3. The predicted molar refractivity (Wildman–Crippen MR) is 106 cm³/mol. The van der Waals surface area contributed by atoms with Crippen LogP contribution in [0.15, 0.2) is 83.5 Å². The van der Waals surface area contributed by atoms with Gasteiger partial charge in [-0.1, -0.05) is 81.4 Å². The second-order valence-electron chi connectivity index (χ2n) is 7.44. The number of hydrogen-bond acceptors (Lipinski definition) is 2. The van der Waals surface area contributed by atoms with Crippen LogP contribution in [0.3, 0.4) is 0 Å². The molecule has 0 bridgehead atoms. The lowest BCUT2D eigenvalue weighted by Gasteiger charge is -2.44. The zero-order valence-electron chi connectivity index (χ0n) is 15.4. The van der Waals surface area contributed by atoms with Gasteiger partial charge < -0.3 is 8.84 Å². The van der Waals surface area contributed by atoms with E-state index in [9.17, 15) is 0 Å².